The van der Waals surface area contributed by atoms with Gasteiger partial charge < -0.3 is 0 Å². The average Bonchev–Trinajstić information content (AvgIpc) is 2.59. The molecule has 0 amide bonds. The van der Waals surface area contributed by atoms with E-state index in [-0.39, 0.29) is 0 Å². The second-order valence-electron chi connectivity index (χ2n) is 6.63. The molecule has 0 spiro atoms. The molecule has 128 valence electrons. The third-order valence-electron chi connectivity index (χ3n) is 4.93. The summed E-state index contributed by atoms with van der Waals surface area (Å²) < 4.78 is 0. The van der Waals surface area contributed by atoms with E-state index in [1.54, 1.807) is 0 Å². The van der Waals surface area contributed by atoms with Crippen LogP contribution in [0.15, 0.2) is 30.6 Å². The van der Waals surface area contributed by atoms with Gasteiger partial charge in [-0.1, -0.05) is 19.9 Å². The summed E-state index contributed by atoms with van der Waals surface area (Å²) in [5, 5.41) is 0. The van der Waals surface area contributed by atoms with Crippen LogP contribution in [0.25, 0.3) is 0 Å². The monoisotopic (exact) mass is 324 g/mol. The normalized spacial score (nSPS) is 14.8. The molecule has 3 heterocycles. The largest absolute Gasteiger partial charge is 0.300 e. The minimum absolute atomic E-state index is 0.918. The lowest BCUT2D eigenvalue weighted by Crippen LogP contribution is -2.32. The van der Waals surface area contributed by atoms with Crippen molar-refractivity contribution in [2.75, 3.05) is 19.6 Å². The Labute approximate surface area is 145 Å². The summed E-state index contributed by atoms with van der Waals surface area (Å²) in [6, 6.07) is 6.27. The number of hydrogen-bond donors (Lipinski definition) is 0. The molecule has 1 aliphatic rings. The van der Waals surface area contributed by atoms with Crippen LogP contribution in [0.3, 0.4) is 0 Å². The fourth-order valence-corrected chi connectivity index (χ4v) is 3.50. The highest BCUT2D eigenvalue weighted by Gasteiger charge is 2.20. The lowest BCUT2D eigenvalue weighted by Gasteiger charge is -2.30. The summed E-state index contributed by atoms with van der Waals surface area (Å²) in [6.45, 7) is 12.7. The number of hydrogen-bond acceptors (Lipinski definition) is 4. The van der Waals surface area contributed by atoms with E-state index in [4.69, 9.17) is 0 Å². The first-order chi connectivity index (χ1) is 11.7. The van der Waals surface area contributed by atoms with Gasteiger partial charge in [-0.05, 0) is 55.3 Å². The Morgan fingerprint density at radius 3 is 2.75 bits per heavy atom. The van der Waals surface area contributed by atoms with Gasteiger partial charge >= 0.3 is 0 Å². The van der Waals surface area contributed by atoms with Gasteiger partial charge in [0, 0.05) is 44.3 Å². The van der Waals surface area contributed by atoms with Crippen LogP contribution >= 0.6 is 0 Å². The smallest absolute Gasteiger partial charge is 0.0547 e. The summed E-state index contributed by atoms with van der Waals surface area (Å²) in [5.74, 6) is 0. The van der Waals surface area contributed by atoms with Crippen molar-refractivity contribution in [1.29, 1.82) is 0 Å². The minimum atomic E-state index is 0.918. The molecule has 0 aliphatic carbocycles. The fourth-order valence-electron chi connectivity index (χ4n) is 3.50. The van der Waals surface area contributed by atoms with E-state index < -0.39 is 0 Å². The summed E-state index contributed by atoms with van der Waals surface area (Å²) in [6.07, 6.45) is 5.23. The van der Waals surface area contributed by atoms with Gasteiger partial charge in [-0.15, -0.1) is 0 Å². The highest BCUT2D eigenvalue weighted by molar-refractivity contribution is 5.34. The van der Waals surface area contributed by atoms with Gasteiger partial charge in [0.25, 0.3) is 0 Å². The van der Waals surface area contributed by atoms with Crippen LogP contribution in [0, 0.1) is 6.92 Å². The number of aryl methyl sites for hydroxylation is 1. The second-order valence-corrected chi connectivity index (χ2v) is 6.63. The minimum Gasteiger partial charge on any atom is -0.300 e. The second kappa shape index (κ2) is 7.86. The van der Waals surface area contributed by atoms with E-state index in [2.05, 4.69) is 71.1 Å². The molecular formula is C20H28N4. The van der Waals surface area contributed by atoms with Crippen molar-refractivity contribution in [1.82, 2.24) is 19.8 Å². The molecule has 4 heteroatoms. The first-order valence-electron chi connectivity index (χ1n) is 9.01. The van der Waals surface area contributed by atoms with Crippen molar-refractivity contribution in [3.63, 3.8) is 0 Å². The molecule has 0 bridgehead atoms. The first-order valence-corrected chi connectivity index (χ1v) is 9.01. The lowest BCUT2D eigenvalue weighted by molar-refractivity contribution is 0.239. The zero-order chi connectivity index (χ0) is 16.9. The van der Waals surface area contributed by atoms with Gasteiger partial charge in [-0.25, -0.2) is 0 Å². The van der Waals surface area contributed by atoms with E-state index in [0.29, 0.717) is 0 Å². The molecule has 0 radical (unpaired) electrons. The topological polar surface area (TPSA) is 32.3 Å². The predicted octanol–water partition coefficient (Wildman–Crippen LogP) is 3.19. The zero-order valence-corrected chi connectivity index (χ0v) is 15.1. The quantitative estimate of drug-likeness (QED) is 0.817. The van der Waals surface area contributed by atoms with Crippen LogP contribution in [-0.4, -0.2) is 39.4 Å². The molecule has 0 saturated carbocycles. The molecule has 0 aromatic carbocycles. The number of rotatable bonds is 6. The van der Waals surface area contributed by atoms with E-state index in [1.165, 1.54) is 16.7 Å². The summed E-state index contributed by atoms with van der Waals surface area (Å²) in [5.41, 5.74) is 6.56. The van der Waals surface area contributed by atoms with Crippen LogP contribution in [0.4, 0.5) is 0 Å². The third kappa shape index (κ3) is 4.00. The zero-order valence-electron chi connectivity index (χ0n) is 15.1. The standard InChI is InChI=1S/C20H28N4/c1-4-23(5-2)13-17-11-21-12-18-14-24(10-9-20(17)18)15-19-8-6-7-16(3)22-19/h6-8,11-12H,4-5,9-10,13-15H2,1-3H3. The van der Waals surface area contributed by atoms with Crippen LogP contribution < -0.4 is 0 Å². The Kier molecular flexibility index (Phi) is 5.59. The van der Waals surface area contributed by atoms with E-state index >= 15 is 0 Å². The highest BCUT2D eigenvalue weighted by Crippen LogP contribution is 2.23. The van der Waals surface area contributed by atoms with Crippen molar-refractivity contribution in [3.8, 4) is 0 Å². The van der Waals surface area contributed by atoms with Crippen molar-refractivity contribution >= 4 is 0 Å². The predicted molar refractivity (Wildman–Crippen MR) is 97.7 cm³/mol. The van der Waals surface area contributed by atoms with E-state index in [1.807, 2.05) is 0 Å². The third-order valence-corrected chi connectivity index (χ3v) is 4.93. The Morgan fingerprint density at radius 1 is 1.17 bits per heavy atom. The molecule has 2 aromatic heterocycles. The fraction of sp³-hybridized carbons (Fsp3) is 0.500. The van der Waals surface area contributed by atoms with Crippen LogP contribution in [0.1, 0.15) is 41.9 Å². The molecule has 4 nitrogen and oxygen atoms in total. The first kappa shape index (κ1) is 17.1. The molecule has 0 atom stereocenters. The number of nitrogens with zero attached hydrogens (tertiary/aromatic N) is 4. The number of pyridine rings is 2. The van der Waals surface area contributed by atoms with Crippen molar-refractivity contribution < 1.29 is 0 Å². The van der Waals surface area contributed by atoms with Crippen LogP contribution in [-0.2, 0) is 26.1 Å². The molecular weight excluding hydrogens is 296 g/mol. The van der Waals surface area contributed by atoms with Crippen molar-refractivity contribution in [2.24, 2.45) is 0 Å². The van der Waals surface area contributed by atoms with Gasteiger partial charge in [-0.3, -0.25) is 19.8 Å². The van der Waals surface area contributed by atoms with Gasteiger partial charge in [0.2, 0.25) is 0 Å². The van der Waals surface area contributed by atoms with Crippen LogP contribution in [0.2, 0.25) is 0 Å². The van der Waals surface area contributed by atoms with E-state index in [9.17, 15) is 0 Å². The Balaban J connectivity index is 1.72. The summed E-state index contributed by atoms with van der Waals surface area (Å²) >= 11 is 0. The molecule has 1 aliphatic heterocycles. The number of fused-ring (bicyclic) bond motifs is 1. The molecule has 0 saturated heterocycles. The van der Waals surface area contributed by atoms with Crippen LogP contribution in [0.5, 0.6) is 0 Å². The van der Waals surface area contributed by atoms with Crippen molar-refractivity contribution in [3.05, 3.63) is 58.7 Å². The van der Waals surface area contributed by atoms with Crippen molar-refractivity contribution in [2.45, 2.75) is 46.8 Å². The Bertz CT molecular complexity index is 679. The molecule has 0 N–H and O–H groups in total. The molecule has 3 rings (SSSR count). The molecule has 2 aromatic rings. The maximum Gasteiger partial charge on any atom is 0.0547 e. The SMILES string of the molecule is CCN(CC)Cc1cncc2c1CCN(Cc1cccc(C)n1)C2. The van der Waals surface area contributed by atoms with Gasteiger partial charge in [0.15, 0.2) is 0 Å². The highest BCUT2D eigenvalue weighted by atomic mass is 15.1. The maximum atomic E-state index is 4.64. The maximum absolute atomic E-state index is 4.64. The summed E-state index contributed by atoms with van der Waals surface area (Å²) in [7, 11) is 0. The lowest BCUT2D eigenvalue weighted by atomic mass is 9.96. The van der Waals surface area contributed by atoms with Gasteiger partial charge in [0.05, 0.1) is 5.69 Å². The average molecular weight is 324 g/mol. The number of aromatic nitrogens is 2. The Hall–Kier alpha value is -1.78. The molecule has 0 fully saturated rings. The van der Waals surface area contributed by atoms with Gasteiger partial charge in [0.1, 0.15) is 0 Å². The van der Waals surface area contributed by atoms with E-state index in [0.717, 1.165) is 57.1 Å². The molecule has 24 heavy (non-hydrogen) atoms. The Morgan fingerprint density at radius 2 is 2.00 bits per heavy atom. The summed E-state index contributed by atoms with van der Waals surface area (Å²) in [4.78, 5) is 14.1. The molecule has 0 unspecified atom stereocenters. The van der Waals surface area contributed by atoms with Gasteiger partial charge in [-0.2, -0.15) is 0 Å².